The maximum atomic E-state index is 6.07. The third-order valence-electron chi connectivity index (χ3n) is 5.74. The van der Waals surface area contributed by atoms with E-state index in [4.69, 9.17) is 10.2 Å². The molecule has 3 N–H and O–H groups in total. The van der Waals surface area contributed by atoms with Gasteiger partial charge in [-0.25, -0.2) is 4.98 Å². The van der Waals surface area contributed by atoms with E-state index >= 15 is 0 Å². The summed E-state index contributed by atoms with van der Waals surface area (Å²) in [5.74, 6) is 2.97. The summed E-state index contributed by atoms with van der Waals surface area (Å²) < 4.78 is 5.75. The number of fused-ring (bicyclic) bond motifs is 4. The number of nitrogen functional groups attached to an aromatic ring is 1. The van der Waals surface area contributed by atoms with Crippen molar-refractivity contribution in [2.75, 3.05) is 30.3 Å². The number of nitrogens with zero attached hydrogens (tertiary/aromatic N) is 3. The van der Waals surface area contributed by atoms with Crippen molar-refractivity contribution in [3.8, 4) is 11.5 Å². The van der Waals surface area contributed by atoms with E-state index in [-0.39, 0.29) is 0 Å². The van der Waals surface area contributed by atoms with Gasteiger partial charge >= 0.3 is 0 Å². The highest BCUT2D eigenvalue weighted by molar-refractivity contribution is 5.70. The third-order valence-corrected chi connectivity index (χ3v) is 5.74. The second-order valence-electron chi connectivity index (χ2n) is 7.23. The highest BCUT2D eigenvalue weighted by Gasteiger charge is 2.36. The number of furan rings is 1. The molecule has 126 valence electrons. The van der Waals surface area contributed by atoms with Crippen molar-refractivity contribution in [1.82, 2.24) is 15.3 Å². The first-order valence-electron chi connectivity index (χ1n) is 9.01. The van der Waals surface area contributed by atoms with Gasteiger partial charge in [-0.3, -0.25) is 0 Å². The van der Waals surface area contributed by atoms with E-state index in [1.54, 1.807) is 6.26 Å². The first-order valence-corrected chi connectivity index (χ1v) is 9.01. The summed E-state index contributed by atoms with van der Waals surface area (Å²) in [6.07, 6.45) is 7.43. The van der Waals surface area contributed by atoms with E-state index in [2.05, 4.69) is 26.3 Å². The Balaban J connectivity index is 1.58. The lowest BCUT2D eigenvalue weighted by Crippen LogP contribution is -2.40. The lowest BCUT2D eigenvalue weighted by molar-refractivity contribution is 0.340. The lowest BCUT2D eigenvalue weighted by atomic mass is 9.94. The number of nitrogens with two attached hydrogens (primary N) is 1. The summed E-state index contributed by atoms with van der Waals surface area (Å²) in [6, 6.07) is 2.63. The van der Waals surface area contributed by atoms with Crippen LogP contribution in [-0.2, 0) is 12.8 Å². The average Bonchev–Trinajstić information content (AvgIpc) is 3.18. The van der Waals surface area contributed by atoms with E-state index in [9.17, 15) is 0 Å². The minimum Gasteiger partial charge on any atom is -0.462 e. The van der Waals surface area contributed by atoms with Crippen LogP contribution < -0.4 is 16.0 Å². The Hall–Kier alpha value is -2.08. The topological polar surface area (TPSA) is 80.2 Å². The summed E-state index contributed by atoms with van der Waals surface area (Å²) in [5.41, 5.74) is 9.40. The Bertz CT molecular complexity index is 757. The standard InChI is InChI=1S/C18H23N5O/c19-18-21-15-13(5-1-3-11-6-8-24-16(11)15)17(22-18)23-9-12-4-2-7-20-14(12)10-23/h6,8,12,14,20H,1-5,7,9-10H2,(H2,19,21,22). The molecule has 0 radical (unpaired) electrons. The third kappa shape index (κ3) is 2.20. The molecule has 0 aromatic carbocycles. The maximum absolute atomic E-state index is 6.07. The predicted octanol–water partition coefficient (Wildman–Crippen LogP) is 2.00. The van der Waals surface area contributed by atoms with Crippen LogP contribution in [0.1, 0.15) is 30.4 Å². The zero-order valence-corrected chi connectivity index (χ0v) is 13.8. The molecule has 0 bridgehead atoms. The summed E-state index contributed by atoms with van der Waals surface area (Å²) in [5, 5.41) is 3.66. The highest BCUT2D eigenvalue weighted by Crippen LogP contribution is 2.38. The molecule has 5 rings (SSSR count). The fraction of sp³-hybridized carbons (Fsp3) is 0.556. The fourth-order valence-electron chi connectivity index (χ4n) is 4.58. The van der Waals surface area contributed by atoms with E-state index in [1.165, 1.54) is 24.0 Å². The number of hydrogen-bond donors (Lipinski definition) is 2. The van der Waals surface area contributed by atoms with Crippen LogP contribution in [0.15, 0.2) is 16.7 Å². The molecule has 0 amide bonds. The first-order chi connectivity index (χ1) is 11.8. The zero-order chi connectivity index (χ0) is 16.1. The largest absolute Gasteiger partial charge is 0.462 e. The van der Waals surface area contributed by atoms with E-state index in [0.29, 0.717) is 12.0 Å². The minimum absolute atomic E-state index is 0.343. The monoisotopic (exact) mass is 325 g/mol. The van der Waals surface area contributed by atoms with Crippen molar-refractivity contribution in [2.24, 2.45) is 5.92 Å². The van der Waals surface area contributed by atoms with Gasteiger partial charge in [0.1, 0.15) is 11.5 Å². The smallest absolute Gasteiger partial charge is 0.222 e. The molecule has 2 fully saturated rings. The fourth-order valence-corrected chi connectivity index (χ4v) is 4.58. The van der Waals surface area contributed by atoms with Crippen molar-refractivity contribution >= 4 is 11.8 Å². The van der Waals surface area contributed by atoms with Crippen LogP contribution in [0.5, 0.6) is 0 Å². The molecule has 3 aliphatic rings. The van der Waals surface area contributed by atoms with Crippen LogP contribution in [0.3, 0.4) is 0 Å². The molecular weight excluding hydrogens is 302 g/mol. The number of aromatic nitrogens is 2. The molecule has 2 unspecified atom stereocenters. The van der Waals surface area contributed by atoms with Gasteiger partial charge in [0.05, 0.1) is 6.26 Å². The second-order valence-corrected chi connectivity index (χ2v) is 7.23. The lowest BCUT2D eigenvalue weighted by Gasteiger charge is -2.24. The van der Waals surface area contributed by atoms with E-state index in [1.807, 2.05) is 0 Å². The van der Waals surface area contributed by atoms with Crippen molar-refractivity contribution in [1.29, 1.82) is 0 Å². The van der Waals surface area contributed by atoms with Crippen molar-refractivity contribution in [3.63, 3.8) is 0 Å². The summed E-state index contributed by atoms with van der Waals surface area (Å²) in [4.78, 5) is 11.6. The molecule has 4 heterocycles. The molecule has 0 spiro atoms. The Kier molecular flexibility index (Phi) is 3.26. The van der Waals surface area contributed by atoms with Crippen molar-refractivity contribution < 1.29 is 4.42 Å². The highest BCUT2D eigenvalue weighted by atomic mass is 16.3. The summed E-state index contributed by atoms with van der Waals surface area (Å²) in [6.45, 7) is 3.21. The predicted molar refractivity (Wildman–Crippen MR) is 92.9 cm³/mol. The molecule has 2 aromatic heterocycles. The number of anilines is 2. The Morgan fingerprint density at radius 3 is 3.08 bits per heavy atom. The molecule has 2 atom stereocenters. The van der Waals surface area contributed by atoms with Gasteiger partial charge < -0.3 is 20.4 Å². The maximum Gasteiger partial charge on any atom is 0.222 e. The Labute approximate surface area is 141 Å². The van der Waals surface area contributed by atoms with E-state index in [0.717, 1.165) is 62.1 Å². The molecular formula is C18H23N5O. The van der Waals surface area contributed by atoms with Crippen LogP contribution in [0.25, 0.3) is 11.5 Å². The van der Waals surface area contributed by atoms with Crippen LogP contribution in [0.2, 0.25) is 0 Å². The Morgan fingerprint density at radius 1 is 1.21 bits per heavy atom. The van der Waals surface area contributed by atoms with Gasteiger partial charge in [-0.1, -0.05) is 0 Å². The number of rotatable bonds is 1. The molecule has 2 aromatic rings. The first kappa shape index (κ1) is 14.3. The van der Waals surface area contributed by atoms with Crippen LogP contribution >= 0.6 is 0 Å². The van der Waals surface area contributed by atoms with E-state index < -0.39 is 0 Å². The summed E-state index contributed by atoms with van der Waals surface area (Å²) in [7, 11) is 0. The van der Waals surface area contributed by atoms with Gasteiger partial charge in [-0.15, -0.1) is 0 Å². The van der Waals surface area contributed by atoms with Gasteiger partial charge in [-0.2, -0.15) is 4.98 Å². The van der Waals surface area contributed by atoms with Crippen molar-refractivity contribution in [3.05, 3.63) is 23.5 Å². The average molecular weight is 325 g/mol. The van der Waals surface area contributed by atoms with Gasteiger partial charge in [0, 0.05) is 30.3 Å². The number of aryl methyl sites for hydroxylation is 1. The number of piperidine rings is 1. The molecule has 0 saturated carbocycles. The number of nitrogens with one attached hydrogen (secondary N) is 1. The quantitative estimate of drug-likeness (QED) is 0.835. The van der Waals surface area contributed by atoms with Gasteiger partial charge in [0.15, 0.2) is 5.76 Å². The molecule has 1 aliphatic carbocycles. The Morgan fingerprint density at radius 2 is 2.17 bits per heavy atom. The molecule has 6 heteroatoms. The summed E-state index contributed by atoms with van der Waals surface area (Å²) >= 11 is 0. The molecule has 2 saturated heterocycles. The molecule has 2 aliphatic heterocycles. The number of hydrogen-bond acceptors (Lipinski definition) is 6. The molecule has 24 heavy (non-hydrogen) atoms. The minimum atomic E-state index is 0.343. The van der Waals surface area contributed by atoms with Gasteiger partial charge in [0.2, 0.25) is 5.95 Å². The van der Waals surface area contributed by atoms with Gasteiger partial charge in [0.25, 0.3) is 0 Å². The van der Waals surface area contributed by atoms with Gasteiger partial charge in [-0.05, 0) is 50.6 Å². The van der Waals surface area contributed by atoms with Crippen LogP contribution in [0, 0.1) is 5.92 Å². The SMILES string of the molecule is Nc1nc2c(c(N3CC4CCCNC4C3)n1)CCCc1ccoc1-2. The van der Waals surface area contributed by atoms with Crippen molar-refractivity contribution in [2.45, 2.75) is 38.1 Å². The normalized spacial score (nSPS) is 25.8. The van der Waals surface area contributed by atoms with Crippen LogP contribution in [0.4, 0.5) is 11.8 Å². The second kappa shape index (κ2) is 5.48. The zero-order valence-electron chi connectivity index (χ0n) is 13.8. The van der Waals surface area contributed by atoms with Crippen LogP contribution in [-0.4, -0.2) is 35.6 Å². The molecule has 6 nitrogen and oxygen atoms in total.